The van der Waals surface area contributed by atoms with Crippen LogP contribution in [0.2, 0.25) is 5.02 Å². The second-order valence-electron chi connectivity index (χ2n) is 9.78. The first-order valence-electron chi connectivity index (χ1n) is 12.5. The van der Waals surface area contributed by atoms with Crippen LogP contribution in [0.4, 0.5) is 5.69 Å². The number of carbonyl (C=O) groups is 2. The van der Waals surface area contributed by atoms with E-state index in [1.165, 1.54) is 4.31 Å². The number of benzene rings is 3. The minimum Gasteiger partial charge on any atom is -0.354 e. The number of nitrogens with zero attached hydrogens (tertiary/aromatic N) is 2. The van der Waals surface area contributed by atoms with Crippen LogP contribution >= 0.6 is 11.6 Å². The van der Waals surface area contributed by atoms with E-state index in [9.17, 15) is 18.0 Å². The summed E-state index contributed by atoms with van der Waals surface area (Å²) < 4.78 is 27.9. The number of rotatable bonds is 10. The van der Waals surface area contributed by atoms with Gasteiger partial charge in [0.1, 0.15) is 6.04 Å². The molecule has 2 amide bonds. The van der Waals surface area contributed by atoms with Gasteiger partial charge in [0.2, 0.25) is 11.8 Å². The number of halogens is 1. The van der Waals surface area contributed by atoms with Crippen molar-refractivity contribution in [2.45, 2.75) is 51.1 Å². The van der Waals surface area contributed by atoms with E-state index in [1.54, 1.807) is 42.2 Å². The number of hydrogen-bond donors (Lipinski definition) is 1. The quantitative estimate of drug-likeness (QED) is 0.392. The zero-order valence-corrected chi connectivity index (χ0v) is 22.8. The van der Waals surface area contributed by atoms with E-state index in [4.69, 9.17) is 11.6 Å². The van der Waals surface area contributed by atoms with Crippen LogP contribution in [-0.4, -0.2) is 44.3 Å². The molecule has 0 fully saturated rings. The number of carbonyl (C=O) groups excluding carboxylic acids is 2. The Morgan fingerprint density at radius 2 is 1.68 bits per heavy atom. The van der Waals surface area contributed by atoms with E-state index in [-0.39, 0.29) is 37.2 Å². The Morgan fingerprint density at radius 1 is 1.00 bits per heavy atom. The molecule has 0 saturated carbocycles. The second kappa shape index (κ2) is 11.1. The lowest BCUT2D eigenvalue weighted by atomic mass is 10.1. The van der Waals surface area contributed by atoms with Gasteiger partial charge in [0.25, 0.3) is 10.0 Å². The first kappa shape index (κ1) is 26.9. The number of anilines is 1. The van der Waals surface area contributed by atoms with E-state index >= 15 is 0 Å². The van der Waals surface area contributed by atoms with Gasteiger partial charge in [0.05, 0.1) is 10.6 Å². The van der Waals surface area contributed by atoms with Crippen molar-refractivity contribution in [2.24, 2.45) is 5.92 Å². The fourth-order valence-electron chi connectivity index (χ4n) is 4.54. The van der Waals surface area contributed by atoms with E-state index in [2.05, 4.69) is 5.32 Å². The molecule has 1 heterocycles. The average Bonchev–Trinajstić information content (AvgIpc) is 3.09. The predicted molar refractivity (Wildman–Crippen MR) is 147 cm³/mol. The summed E-state index contributed by atoms with van der Waals surface area (Å²) >= 11 is 6.01. The summed E-state index contributed by atoms with van der Waals surface area (Å²) in [7, 11) is -3.68. The first-order valence-corrected chi connectivity index (χ1v) is 14.3. The molecule has 0 radical (unpaired) electrons. The molecule has 0 saturated heterocycles. The third-order valence-electron chi connectivity index (χ3n) is 6.55. The van der Waals surface area contributed by atoms with Crippen molar-refractivity contribution in [1.82, 2.24) is 10.2 Å². The highest BCUT2D eigenvalue weighted by Gasteiger charge is 2.35. The molecule has 0 aromatic heterocycles. The van der Waals surface area contributed by atoms with Crippen LogP contribution in [0.3, 0.4) is 0 Å². The molecule has 1 aliphatic rings. The smallest absolute Gasteiger partial charge is 0.265 e. The average molecular weight is 542 g/mol. The number of hydrogen-bond acceptors (Lipinski definition) is 4. The van der Waals surface area contributed by atoms with Crippen molar-refractivity contribution >= 4 is 49.9 Å². The normalized spacial score (nSPS) is 14.7. The van der Waals surface area contributed by atoms with Gasteiger partial charge in [-0.3, -0.25) is 13.9 Å². The van der Waals surface area contributed by atoms with Gasteiger partial charge in [0, 0.05) is 36.5 Å². The molecule has 37 heavy (non-hydrogen) atoms. The van der Waals surface area contributed by atoms with Crippen molar-refractivity contribution in [2.75, 3.05) is 17.4 Å². The summed E-state index contributed by atoms with van der Waals surface area (Å²) in [4.78, 5) is 28.1. The lowest BCUT2D eigenvalue weighted by Gasteiger charge is -2.29. The van der Waals surface area contributed by atoms with E-state index in [0.717, 1.165) is 16.3 Å². The molecule has 0 bridgehead atoms. The molecular formula is C28H32ClN3O4S. The Kier molecular flexibility index (Phi) is 8.09. The maximum atomic E-state index is 13.4. The Balaban J connectivity index is 1.48. The van der Waals surface area contributed by atoms with Crippen molar-refractivity contribution in [3.63, 3.8) is 0 Å². The Bertz CT molecular complexity index is 1400. The summed E-state index contributed by atoms with van der Waals surface area (Å²) in [5.41, 5.74) is 1.49. The molecule has 9 heteroatoms. The lowest BCUT2D eigenvalue weighted by Crippen LogP contribution is -2.48. The highest BCUT2D eigenvalue weighted by atomic mass is 35.5. The molecule has 1 aliphatic heterocycles. The number of amides is 2. The second-order valence-corrected chi connectivity index (χ2v) is 12.0. The van der Waals surface area contributed by atoms with E-state index in [1.807, 2.05) is 44.2 Å². The molecule has 4 rings (SSSR count). The van der Waals surface area contributed by atoms with Crippen LogP contribution in [0, 0.1) is 5.92 Å². The Labute approximate surface area is 223 Å². The molecule has 0 unspecified atom stereocenters. The first-order chi connectivity index (χ1) is 17.6. The summed E-state index contributed by atoms with van der Waals surface area (Å²) in [6.45, 7) is 6.67. The van der Waals surface area contributed by atoms with Crippen molar-refractivity contribution < 1.29 is 18.0 Å². The van der Waals surface area contributed by atoms with Gasteiger partial charge in [-0.2, -0.15) is 0 Å². The van der Waals surface area contributed by atoms with Gasteiger partial charge in [-0.1, -0.05) is 61.8 Å². The van der Waals surface area contributed by atoms with E-state index < -0.39 is 16.1 Å². The van der Waals surface area contributed by atoms with Crippen LogP contribution in [0.5, 0.6) is 0 Å². The fraction of sp³-hybridized carbons (Fsp3) is 0.357. The van der Waals surface area contributed by atoms with Gasteiger partial charge in [-0.15, -0.1) is 0 Å². The van der Waals surface area contributed by atoms with Crippen molar-refractivity contribution in [1.29, 1.82) is 0 Å². The zero-order chi connectivity index (χ0) is 26.7. The molecule has 7 nitrogen and oxygen atoms in total. The van der Waals surface area contributed by atoms with Gasteiger partial charge in [-0.25, -0.2) is 8.42 Å². The molecule has 1 N–H and O–H groups in total. The molecule has 1 atom stereocenters. The highest BCUT2D eigenvalue weighted by Crippen LogP contribution is 2.42. The maximum absolute atomic E-state index is 13.4. The standard InChI is InChI=1S/C28H32ClN3O4S/c1-19(2)17-30-28(34)20(3)31(18-21-12-14-23(29)15-13-21)26(33)11-6-16-32-24-9-4-7-22-8-5-10-25(27(22)24)37(32,35)36/h4-5,7-10,12-15,19-20H,6,11,16-18H2,1-3H3,(H,30,34)/t20-/m0/s1. The van der Waals surface area contributed by atoms with Crippen LogP contribution in [0.15, 0.2) is 65.6 Å². The maximum Gasteiger partial charge on any atom is 0.265 e. The van der Waals surface area contributed by atoms with Crippen LogP contribution in [-0.2, 0) is 26.2 Å². The molecule has 0 spiro atoms. The van der Waals surface area contributed by atoms with Crippen LogP contribution < -0.4 is 9.62 Å². The van der Waals surface area contributed by atoms with Crippen molar-refractivity contribution in [3.8, 4) is 0 Å². The minimum atomic E-state index is -3.68. The summed E-state index contributed by atoms with van der Waals surface area (Å²) in [5.74, 6) is -0.151. The van der Waals surface area contributed by atoms with Crippen molar-refractivity contribution in [3.05, 3.63) is 71.2 Å². The van der Waals surface area contributed by atoms with Gasteiger partial charge < -0.3 is 10.2 Å². The SMILES string of the molecule is CC(C)CNC(=O)[C@H](C)N(Cc1ccc(Cl)cc1)C(=O)CCCN1c2cccc3cccc(c23)S1(=O)=O. The van der Waals surface area contributed by atoms with Gasteiger partial charge in [-0.05, 0) is 54.5 Å². The number of sulfonamides is 1. The summed E-state index contributed by atoms with van der Waals surface area (Å²) in [5, 5.41) is 5.08. The van der Waals surface area contributed by atoms with Gasteiger partial charge >= 0.3 is 0 Å². The Morgan fingerprint density at radius 3 is 2.35 bits per heavy atom. The third-order valence-corrected chi connectivity index (χ3v) is 8.66. The van der Waals surface area contributed by atoms with Crippen LogP contribution in [0.25, 0.3) is 10.8 Å². The summed E-state index contributed by atoms with van der Waals surface area (Å²) in [6.07, 6.45) is 0.424. The van der Waals surface area contributed by atoms with Gasteiger partial charge in [0.15, 0.2) is 0 Å². The third kappa shape index (κ3) is 5.75. The molecular weight excluding hydrogens is 510 g/mol. The predicted octanol–water partition coefficient (Wildman–Crippen LogP) is 4.97. The fourth-order valence-corrected chi connectivity index (χ4v) is 6.41. The Hall–Kier alpha value is -3.10. The zero-order valence-electron chi connectivity index (χ0n) is 21.3. The molecule has 0 aliphatic carbocycles. The summed E-state index contributed by atoms with van der Waals surface area (Å²) in [6, 6.07) is 17.3. The molecule has 196 valence electrons. The lowest BCUT2D eigenvalue weighted by molar-refractivity contribution is -0.140. The minimum absolute atomic E-state index is 0.105. The van der Waals surface area contributed by atoms with E-state index in [0.29, 0.717) is 28.6 Å². The topological polar surface area (TPSA) is 86.8 Å². The largest absolute Gasteiger partial charge is 0.354 e. The van der Waals surface area contributed by atoms with Crippen LogP contribution in [0.1, 0.15) is 39.2 Å². The molecule has 3 aromatic carbocycles. The highest BCUT2D eigenvalue weighted by molar-refractivity contribution is 7.93. The number of nitrogens with one attached hydrogen (secondary N) is 1. The molecule has 3 aromatic rings. The monoisotopic (exact) mass is 541 g/mol.